The van der Waals surface area contributed by atoms with Crippen LogP contribution in [0.3, 0.4) is 0 Å². The van der Waals surface area contributed by atoms with Crippen molar-refractivity contribution in [2.45, 2.75) is 52.0 Å². The van der Waals surface area contributed by atoms with E-state index < -0.39 is 0 Å². The summed E-state index contributed by atoms with van der Waals surface area (Å²) in [7, 11) is 0. The lowest BCUT2D eigenvalue weighted by Crippen LogP contribution is -2.17. The number of nitrogens with zero attached hydrogens (tertiary/aromatic N) is 4. The molecule has 0 bridgehead atoms. The molecule has 0 spiro atoms. The molecule has 0 saturated carbocycles. The molecular weight excluding hydrogens is 294 g/mol. The molecule has 120 valence electrons. The van der Waals surface area contributed by atoms with E-state index in [1.165, 1.54) is 5.69 Å². The van der Waals surface area contributed by atoms with Crippen LogP contribution in [-0.4, -0.2) is 25.3 Å². The molecule has 0 atom stereocenters. The van der Waals surface area contributed by atoms with Crippen molar-refractivity contribution in [1.82, 2.24) is 24.8 Å². The fourth-order valence-electron chi connectivity index (χ4n) is 2.09. The smallest absolute Gasteiger partial charge is 0.187 e. The van der Waals surface area contributed by atoms with Gasteiger partial charge in [0, 0.05) is 49.5 Å². The average Bonchev–Trinajstić information content (AvgIpc) is 2.93. The quantitative estimate of drug-likeness (QED) is 0.568. The Balaban J connectivity index is 1.80. The van der Waals surface area contributed by atoms with Gasteiger partial charge in [-0.1, -0.05) is 32.5 Å². The minimum atomic E-state index is 0.620. The Kier molecular flexibility index (Phi) is 6.86. The van der Waals surface area contributed by atoms with Crippen molar-refractivity contribution >= 4 is 11.8 Å². The summed E-state index contributed by atoms with van der Waals surface area (Å²) in [4.78, 5) is 13.0. The predicted molar refractivity (Wildman–Crippen MR) is 90.7 cm³/mol. The molecular formula is C16H25N5S. The van der Waals surface area contributed by atoms with Crippen LogP contribution >= 0.6 is 11.8 Å². The second-order valence-electron chi connectivity index (χ2n) is 5.76. The van der Waals surface area contributed by atoms with Crippen molar-refractivity contribution in [2.24, 2.45) is 5.92 Å². The third-order valence-electron chi connectivity index (χ3n) is 3.11. The van der Waals surface area contributed by atoms with Gasteiger partial charge in [0.1, 0.15) is 0 Å². The molecule has 0 fully saturated rings. The van der Waals surface area contributed by atoms with Gasteiger partial charge in [0.15, 0.2) is 5.16 Å². The van der Waals surface area contributed by atoms with Gasteiger partial charge >= 0.3 is 0 Å². The summed E-state index contributed by atoms with van der Waals surface area (Å²) in [5.41, 5.74) is 2.32. The maximum Gasteiger partial charge on any atom is 0.187 e. The summed E-state index contributed by atoms with van der Waals surface area (Å²) < 4.78 is 2.21. The lowest BCUT2D eigenvalue weighted by molar-refractivity contribution is 0.500. The molecule has 0 saturated heterocycles. The van der Waals surface area contributed by atoms with E-state index in [0.29, 0.717) is 5.92 Å². The van der Waals surface area contributed by atoms with Crippen molar-refractivity contribution in [2.75, 3.05) is 5.75 Å². The first-order valence-corrected chi connectivity index (χ1v) is 8.81. The van der Waals surface area contributed by atoms with Crippen molar-refractivity contribution < 1.29 is 0 Å². The Morgan fingerprint density at radius 1 is 1.18 bits per heavy atom. The Labute approximate surface area is 137 Å². The fraction of sp³-hybridized carbons (Fsp3) is 0.562. The molecule has 0 aliphatic rings. The molecule has 0 amide bonds. The first-order chi connectivity index (χ1) is 10.7. The maximum atomic E-state index is 4.38. The molecule has 0 aliphatic carbocycles. The van der Waals surface area contributed by atoms with Gasteiger partial charge in [-0.25, -0.2) is 15.0 Å². The van der Waals surface area contributed by atoms with Crippen molar-refractivity contribution in [3.8, 4) is 0 Å². The molecule has 0 radical (unpaired) electrons. The van der Waals surface area contributed by atoms with E-state index in [-0.39, 0.29) is 0 Å². The maximum absolute atomic E-state index is 4.38. The largest absolute Gasteiger partial charge is 0.333 e. The highest BCUT2D eigenvalue weighted by atomic mass is 32.2. The predicted octanol–water partition coefficient (Wildman–Crippen LogP) is 3.12. The third-order valence-corrected chi connectivity index (χ3v) is 4.19. The highest BCUT2D eigenvalue weighted by Crippen LogP contribution is 2.12. The monoisotopic (exact) mass is 319 g/mol. The number of nitrogens with one attached hydrogen (secondary N) is 1. The zero-order valence-electron chi connectivity index (χ0n) is 13.6. The SMILES string of the molecule is CCCSc1ncc(CNCc2cncn2CC(C)C)cn1. The Morgan fingerprint density at radius 3 is 2.64 bits per heavy atom. The van der Waals surface area contributed by atoms with Gasteiger partial charge in [-0.3, -0.25) is 0 Å². The van der Waals surface area contributed by atoms with E-state index in [4.69, 9.17) is 0 Å². The van der Waals surface area contributed by atoms with Crippen LogP contribution in [-0.2, 0) is 19.6 Å². The number of thioether (sulfide) groups is 1. The van der Waals surface area contributed by atoms with Gasteiger partial charge in [-0.15, -0.1) is 0 Å². The molecule has 6 heteroatoms. The van der Waals surface area contributed by atoms with Crippen LogP contribution in [0.1, 0.15) is 38.4 Å². The van der Waals surface area contributed by atoms with Crippen LogP contribution in [0.5, 0.6) is 0 Å². The van der Waals surface area contributed by atoms with E-state index in [1.807, 2.05) is 24.9 Å². The van der Waals surface area contributed by atoms with E-state index in [0.717, 1.165) is 42.5 Å². The zero-order chi connectivity index (χ0) is 15.8. The lowest BCUT2D eigenvalue weighted by atomic mass is 10.2. The first kappa shape index (κ1) is 17.0. The summed E-state index contributed by atoms with van der Waals surface area (Å²) >= 11 is 1.70. The highest BCUT2D eigenvalue weighted by molar-refractivity contribution is 7.99. The van der Waals surface area contributed by atoms with Crippen LogP contribution in [0.4, 0.5) is 0 Å². The van der Waals surface area contributed by atoms with Crippen molar-refractivity contribution in [1.29, 1.82) is 0 Å². The van der Waals surface area contributed by atoms with E-state index in [9.17, 15) is 0 Å². The van der Waals surface area contributed by atoms with Crippen molar-refractivity contribution in [3.05, 3.63) is 36.2 Å². The molecule has 0 aromatic carbocycles. The molecule has 22 heavy (non-hydrogen) atoms. The lowest BCUT2D eigenvalue weighted by Gasteiger charge is -2.11. The van der Waals surface area contributed by atoms with Crippen LogP contribution in [0, 0.1) is 5.92 Å². The molecule has 1 N–H and O–H groups in total. The van der Waals surface area contributed by atoms with Gasteiger partial charge in [-0.2, -0.15) is 0 Å². The molecule has 2 aromatic rings. The van der Waals surface area contributed by atoms with Crippen LogP contribution in [0.25, 0.3) is 0 Å². The third kappa shape index (κ3) is 5.42. The summed E-state index contributed by atoms with van der Waals surface area (Å²) in [6.45, 7) is 9.17. The Morgan fingerprint density at radius 2 is 1.95 bits per heavy atom. The number of imidazole rings is 1. The second kappa shape index (κ2) is 8.90. The molecule has 2 heterocycles. The number of hydrogen-bond donors (Lipinski definition) is 1. The number of hydrogen-bond acceptors (Lipinski definition) is 5. The fourth-order valence-corrected chi connectivity index (χ4v) is 2.73. The molecule has 5 nitrogen and oxygen atoms in total. The van der Waals surface area contributed by atoms with Crippen LogP contribution < -0.4 is 5.32 Å². The number of rotatable bonds is 9. The highest BCUT2D eigenvalue weighted by Gasteiger charge is 2.04. The molecule has 2 aromatic heterocycles. The zero-order valence-corrected chi connectivity index (χ0v) is 14.4. The Hall–Kier alpha value is -1.40. The van der Waals surface area contributed by atoms with Crippen LogP contribution in [0.15, 0.2) is 30.1 Å². The minimum Gasteiger partial charge on any atom is -0.333 e. The van der Waals surface area contributed by atoms with Gasteiger partial charge in [0.05, 0.1) is 12.0 Å². The molecule has 0 aliphatic heterocycles. The second-order valence-corrected chi connectivity index (χ2v) is 6.82. The molecule has 2 rings (SSSR count). The Bertz CT molecular complexity index is 550. The summed E-state index contributed by atoms with van der Waals surface area (Å²) in [5.74, 6) is 1.69. The van der Waals surface area contributed by atoms with Gasteiger partial charge in [-0.05, 0) is 12.3 Å². The van der Waals surface area contributed by atoms with Gasteiger partial charge in [0.25, 0.3) is 0 Å². The number of aromatic nitrogens is 4. The topological polar surface area (TPSA) is 55.6 Å². The summed E-state index contributed by atoms with van der Waals surface area (Å²) in [6.07, 6.45) is 8.78. The van der Waals surface area contributed by atoms with E-state index >= 15 is 0 Å². The normalized spacial score (nSPS) is 11.3. The molecule has 0 unspecified atom stereocenters. The van der Waals surface area contributed by atoms with Gasteiger partial charge in [0.2, 0.25) is 0 Å². The summed E-state index contributed by atoms with van der Waals surface area (Å²) in [5, 5.41) is 4.29. The average molecular weight is 319 g/mol. The van der Waals surface area contributed by atoms with Gasteiger partial charge < -0.3 is 9.88 Å². The van der Waals surface area contributed by atoms with E-state index in [1.54, 1.807) is 11.8 Å². The van der Waals surface area contributed by atoms with Crippen LogP contribution in [0.2, 0.25) is 0 Å². The van der Waals surface area contributed by atoms with E-state index in [2.05, 4.69) is 45.6 Å². The summed E-state index contributed by atoms with van der Waals surface area (Å²) in [6, 6.07) is 0. The first-order valence-electron chi connectivity index (χ1n) is 7.82. The van der Waals surface area contributed by atoms with Crippen molar-refractivity contribution in [3.63, 3.8) is 0 Å². The minimum absolute atomic E-state index is 0.620. The standard InChI is InChI=1S/C16H25N5S/c1-4-5-22-16-19-7-14(8-20-16)6-17-9-15-10-18-12-21(15)11-13(2)3/h7-8,10,12-13,17H,4-6,9,11H2,1-3H3.